The van der Waals surface area contributed by atoms with Gasteiger partial charge in [0.2, 0.25) is 5.88 Å². The summed E-state index contributed by atoms with van der Waals surface area (Å²) in [6, 6.07) is 6.50. The highest BCUT2D eigenvalue weighted by atomic mass is 16.5. The summed E-state index contributed by atoms with van der Waals surface area (Å²) in [5, 5.41) is 3.19. The van der Waals surface area contributed by atoms with Crippen LogP contribution in [0.15, 0.2) is 30.6 Å². The average Bonchev–Trinajstić information content (AvgIpc) is 2.50. The molecular weight excluding hydrogens is 296 g/mol. The Morgan fingerprint density at radius 2 is 1.83 bits per heavy atom. The van der Waals surface area contributed by atoms with Crippen molar-refractivity contribution in [3.8, 4) is 11.6 Å². The van der Waals surface area contributed by atoms with E-state index < -0.39 is 5.97 Å². The van der Waals surface area contributed by atoms with E-state index in [-0.39, 0.29) is 11.4 Å². The van der Waals surface area contributed by atoms with Crippen molar-refractivity contribution < 1.29 is 14.3 Å². The zero-order valence-electron chi connectivity index (χ0n) is 13.6. The Morgan fingerprint density at radius 1 is 1.17 bits per heavy atom. The maximum absolute atomic E-state index is 11.4. The molecule has 0 amide bonds. The molecule has 0 saturated carbocycles. The van der Waals surface area contributed by atoms with Crippen LogP contribution < -0.4 is 15.8 Å². The van der Waals surface area contributed by atoms with Crippen LogP contribution >= 0.6 is 0 Å². The lowest BCUT2D eigenvalue weighted by Gasteiger charge is -2.22. The number of ether oxygens (including phenoxy) is 2. The van der Waals surface area contributed by atoms with Gasteiger partial charge in [0.15, 0.2) is 5.82 Å². The Morgan fingerprint density at radius 3 is 2.39 bits per heavy atom. The summed E-state index contributed by atoms with van der Waals surface area (Å²) in [4.78, 5) is 19.6. The lowest BCUT2D eigenvalue weighted by Crippen LogP contribution is -2.27. The van der Waals surface area contributed by atoms with Crippen LogP contribution in [0.4, 0.5) is 11.5 Å². The van der Waals surface area contributed by atoms with Crippen molar-refractivity contribution in [1.82, 2.24) is 9.97 Å². The predicted octanol–water partition coefficient (Wildman–Crippen LogP) is 2.85. The maximum atomic E-state index is 11.4. The van der Waals surface area contributed by atoms with Gasteiger partial charge >= 0.3 is 5.97 Å². The summed E-state index contributed by atoms with van der Waals surface area (Å²) >= 11 is 0. The van der Waals surface area contributed by atoms with Crippen molar-refractivity contribution in [2.75, 3.05) is 18.2 Å². The van der Waals surface area contributed by atoms with E-state index in [1.54, 1.807) is 24.3 Å². The van der Waals surface area contributed by atoms with Crippen molar-refractivity contribution in [3.63, 3.8) is 0 Å². The van der Waals surface area contributed by atoms with E-state index >= 15 is 0 Å². The van der Waals surface area contributed by atoms with E-state index in [4.69, 9.17) is 10.5 Å². The highest BCUT2D eigenvalue weighted by Crippen LogP contribution is 2.30. The van der Waals surface area contributed by atoms with Crippen molar-refractivity contribution in [1.29, 1.82) is 0 Å². The molecule has 0 spiro atoms. The fourth-order valence-electron chi connectivity index (χ4n) is 1.80. The quantitative estimate of drug-likeness (QED) is 0.837. The first-order valence-electron chi connectivity index (χ1n) is 7.05. The van der Waals surface area contributed by atoms with Crippen LogP contribution in [-0.4, -0.2) is 28.6 Å². The molecule has 1 aromatic heterocycles. The van der Waals surface area contributed by atoms with Gasteiger partial charge in [-0.25, -0.2) is 9.78 Å². The summed E-state index contributed by atoms with van der Waals surface area (Å²) in [5.41, 5.74) is 6.61. The molecule has 2 aromatic rings. The molecule has 23 heavy (non-hydrogen) atoms. The molecule has 1 aromatic carbocycles. The molecule has 0 saturated heterocycles. The first kappa shape index (κ1) is 16.5. The zero-order chi connectivity index (χ0) is 17.0. The van der Waals surface area contributed by atoms with E-state index in [0.717, 1.165) is 0 Å². The van der Waals surface area contributed by atoms with Crippen molar-refractivity contribution >= 4 is 17.5 Å². The van der Waals surface area contributed by atoms with E-state index in [2.05, 4.69) is 20.0 Å². The summed E-state index contributed by atoms with van der Waals surface area (Å²) in [5.74, 6) is 0.853. The van der Waals surface area contributed by atoms with E-state index in [1.807, 2.05) is 20.8 Å². The molecule has 122 valence electrons. The van der Waals surface area contributed by atoms with Gasteiger partial charge in [-0.3, -0.25) is 0 Å². The van der Waals surface area contributed by atoms with Gasteiger partial charge in [0.25, 0.3) is 0 Å². The van der Waals surface area contributed by atoms with Gasteiger partial charge in [-0.05, 0) is 45.0 Å². The normalized spacial score (nSPS) is 11.0. The fraction of sp³-hybridized carbons (Fsp3) is 0.312. The third-order valence-electron chi connectivity index (χ3n) is 2.83. The number of rotatable bonds is 4. The van der Waals surface area contributed by atoms with Gasteiger partial charge in [0.05, 0.1) is 12.7 Å². The number of carbonyl (C=O) groups excluding carboxylic acids is 1. The van der Waals surface area contributed by atoms with Crippen molar-refractivity contribution in [2.24, 2.45) is 0 Å². The molecule has 0 radical (unpaired) electrons. The summed E-state index contributed by atoms with van der Waals surface area (Å²) < 4.78 is 10.3. The number of benzene rings is 1. The van der Waals surface area contributed by atoms with Crippen LogP contribution in [0.5, 0.6) is 11.6 Å². The number of carbonyl (C=O) groups is 1. The molecule has 2 rings (SSSR count). The Balaban J connectivity index is 2.20. The number of methoxy groups -OCH3 is 1. The standard InChI is InChI=1S/C16H20N4O3/c1-16(2,3)20-13-12(17)14(19-9-18-13)23-11-7-5-10(6-8-11)15(21)22-4/h5-9H,17H2,1-4H3,(H,18,19,20). The molecule has 0 unspecified atom stereocenters. The second-order valence-electron chi connectivity index (χ2n) is 5.93. The topological polar surface area (TPSA) is 99.4 Å². The molecule has 1 heterocycles. The molecule has 0 bridgehead atoms. The van der Waals surface area contributed by atoms with Crippen LogP contribution in [0.1, 0.15) is 31.1 Å². The molecular formula is C16H20N4O3. The Hall–Kier alpha value is -2.83. The van der Waals surface area contributed by atoms with E-state index in [0.29, 0.717) is 22.8 Å². The van der Waals surface area contributed by atoms with Crippen LogP contribution in [0.3, 0.4) is 0 Å². The van der Waals surface area contributed by atoms with Gasteiger partial charge in [0.1, 0.15) is 17.8 Å². The molecule has 7 nitrogen and oxygen atoms in total. The van der Waals surface area contributed by atoms with Gasteiger partial charge in [-0.15, -0.1) is 0 Å². The smallest absolute Gasteiger partial charge is 0.337 e. The molecule has 0 atom stereocenters. The minimum absolute atomic E-state index is 0.193. The minimum Gasteiger partial charge on any atom is -0.465 e. The molecule has 0 aliphatic rings. The zero-order valence-corrected chi connectivity index (χ0v) is 13.6. The molecule has 3 N–H and O–H groups in total. The summed E-state index contributed by atoms with van der Waals surface area (Å²) in [7, 11) is 1.33. The monoisotopic (exact) mass is 316 g/mol. The third kappa shape index (κ3) is 4.32. The average molecular weight is 316 g/mol. The van der Waals surface area contributed by atoms with Crippen LogP contribution in [-0.2, 0) is 4.74 Å². The predicted molar refractivity (Wildman–Crippen MR) is 87.7 cm³/mol. The summed E-state index contributed by atoms with van der Waals surface area (Å²) in [6.45, 7) is 6.00. The number of nitrogens with zero attached hydrogens (tertiary/aromatic N) is 2. The molecule has 7 heteroatoms. The van der Waals surface area contributed by atoms with Gasteiger partial charge < -0.3 is 20.5 Å². The lowest BCUT2D eigenvalue weighted by atomic mass is 10.1. The first-order valence-corrected chi connectivity index (χ1v) is 7.05. The number of nitrogens with one attached hydrogen (secondary N) is 1. The van der Waals surface area contributed by atoms with Gasteiger partial charge in [-0.1, -0.05) is 0 Å². The SMILES string of the molecule is COC(=O)c1ccc(Oc2ncnc(NC(C)(C)C)c2N)cc1. The number of aromatic nitrogens is 2. The third-order valence-corrected chi connectivity index (χ3v) is 2.83. The minimum atomic E-state index is -0.408. The number of nitrogen functional groups attached to an aromatic ring is 1. The van der Waals surface area contributed by atoms with Crippen LogP contribution in [0, 0.1) is 0 Å². The highest BCUT2D eigenvalue weighted by Gasteiger charge is 2.16. The maximum Gasteiger partial charge on any atom is 0.337 e. The lowest BCUT2D eigenvalue weighted by molar-refractivity contribution is 0.0600. The highest BCUT2D eigenvalue weighted by molar-refractivity contribution is 5.89. The van der Waals surface area contributed by atoms with Crippen molar-refractivity contribution in [3.05, 3.63) is 36.2 Å². The second-order valence-corrected chi connectivity index (χ2v) is 5.93. The number of nitrogens with two attached hydrogens (primary N) is 1. The van der Waals surface area contributed by atoms with Crippen molar-refractivity contribution in [2.45, 2.75) is 26.3 Å². The number of hydrogen-bond acceptors (Lipinski definition) is 7. The van der Waals surface area contributed by atoms with E-state index in [1.165, 1.54) is 13.4 Å². The fourth-order valence-corrected chi connectivity index (χ4v) is 1.80. The Labute approximate surface area is 134 Å². The second kappa shape index (κ2) is 6.51. The summed E-state index contributed by atoms with van der Waals surface area (Å²) in [6.07, 6.45) is 1.38. The van der Waals surface area contributed by atoms with Crippen LogP contribution in [0.25, 0.3) is 0 Å². The molecule has 0 aliphatic carbocycles. The Bertz CT molecular complexity index is 693. The number of anilines is 2. The van der Waals surface area contributed by atoms with Gasteiger partial charge in [-0.2, -0.15) is 4.98 Å². The largest absolute Gasteiger partial charge is 0.465 e. The van der Waals surface area contributed by atoms with Crippen LogP contribution in [0.2, 0.25) is 0 Å². The first-order chi connectivity index (χ1) is 10.8. The molecule has 0 aliphatic heterocycles. The number of esters is 1. The number of hydrogen-bond donors (Lipinski definition) is 2. The molecule has 0 fully saturated rings. The van der Waals surface area contributed by atoms with Gasteiger partial charge in [0, 0.05) is 5.54 Å². The Kier molecular flexibility index (Phi) is 4.68. The van der Waals surface area contributed by atoms with E-state index in [9.17, 15) is 4.79 Å².